The Kier molecular flexibility index (Phi) is 6.07. The van der Waals surface area contributed by atoms with Crippen LogP contribution < -0.4 is 0 Å². The van der Waals surface area contributed by atoms with Crippen LogP contribution in [0.2, 0.25) is 0 Å². The van der Waals surface area contributed by atoms with Crippen molar-refractivity contribution in [3.05, 3.63) is 35.4 Å². The van der Waals surface area contributed by atoms with Crippen molar-refractivity contribution in [2.24, 2.45) is 11.3 Å². The molecule has 3 fully saturated rings. The van der Waals surface area contributed by atoms with Crippen LogP contribution in [-0.2, 0) is 16.1 Å². The van der Waals surface area contributed by atoms with Crippen molar-refractivity contribution in [3.8, 4) is 0 Å². The first-order valence-corrected chi connectivity index (χ1v) is 11.2. The normalized spacial score (nSPS) is 27.0. The minimum atomic E-state index is 0.197. The first-order chi connectivity index (χ1) is 13.5. The number of rotatable bonds is 4. The molecule has 3 aliphatic rings. The monoisotopic (exact) mass is 384 g/mol. The van der Waals surface area contributed by atoms with E-state index in [1.54, 1.807) is 0 Å². The maximum absolute atomic E-state index is 12.9. The molecule has 0 aliphatic carbocycles. The SMILES string of the molecule is CC(C)c1ccc(CN2CCC[C@]3(CCN(C(=O)C4CCOCC4)C3)C2)cc1. The van der Waals surface area contributed by atoms with Crippen LogP contribution in [0.4, 0.5) is 0 Å². The van der Waals surface area contributed by atoms with Crippen LogP contribution in [0.3, 0.4) is 0 Å². The average molecular weight is 385 g/mol. The lowest BCUT2D eigenvalue weighted by Gasteiger charge is -2.40. The van der Waals surface area contributed by atoms with Crippen LogP contribution in [0.15, 0.2) is 24.3 Å². The Hall–Kier alpha value is -1.39. The first-order valence-electron chi connectivity index (χ1n) is 11.2. The van der Waals surface area contributed by atoms with Crippen molar-refractivity contribution in [1.82, 2.24) is 9.80 Å². The summed E-state index contributed by atoms with van der Waals surface area (Å²) in [6, 6.07) is 9.16. The summed E-state index contributed by atoms with van der Waals surface area (Å²) >= 11 is 0. The Morgan fingerprint density at radius 1 is 1.11 bits per heavy atom. The van der Waals surface area contributed by atoms with Gasteiger partial charge in [-0.2, -0.15) is 0 Å². The van der Waals surface area contributed by atoms with Gasteiger partial charge in [0.25, 0.3) is 0 Å². The largest absolute Gasteiger partial charge is 0.381 e. The number of carbonyl (C=O) groups is 1. The third-order valence-corrected chi connectivity index (χ3v) is 7.11. The predicted octanol–water partition coefficient (Wildman–Crippen LogP) is 4.05. The molecule has 154 valence electrons. The van der Waals surface area contributed by atoms with E-state index >= 15 is 0 Å². The number of benzene rings is 1. The molecule has 0 radical (unpaired) electrons. The van der Waals surface area contributed by atoms with Gasteiger partial charge in [0.05, 0.1) is 0 Å². The van der Waals surface area contributed by atoms with Crippen molar-refractivity contribution < 1.29 is 9.53 Å². The van der Waals surface area contributed by atoms with Crippen molar-refractivity contribution in [2.45, 2.75) is 58.4 Å². The van der Waals surface area contributed by atoms with Gasteiger partial charge in [-0.1, -0.05) is 38.1 Å². The van der Waals surface area contributed by atoms with Crippen LogP contribution in [0.5, 0.6) is 0 Å². The van der Waals surface area contributed by atoms with Crippen LogP contribution in [0, 0.1) is 11.3 Å². The number of piperidine rings is 1. The highest BCUT2D eigenvalue weighted by molar-refractivity contribution is 5.79. The van der Waals surface area contributed by atoms with Crippen molar-refractivity contribution in [3.63, 3.8) is 0 Å². The highest BCUT2D eigenvalue weighted by Crippen LogP contribution is 2.40. The molecular weight excluding hydrogens is 348 g/mol. The van der Waals surface area contributed by atoms with Crippen molar-refractivity contribution in [2.75, 3.05) is 39.4 Å². The second-order valence-corrected chi connectivity index (χ2v) is 9.61. The summed E-state index contributed by atoms with van der Waals surface area (Å²) in [6.45, 7) is 11.3. The number of amides is 1. The molecule has 1 aromatic rings. The molecule has 28 heavy (non-hydrogen) atoms. The zero-order chi connectivity index (χ0) is 19.6. The van der Waals surface area contributed by atoms with E-state index in [0.29, 0.717) is 17.2 Å². The Morgan fingerprint density at radius 3 is 2.57 bits per heavy atom. The fraction of sp³-hybridized carbons (Fsp3) is 0.708. The van der Waals surface area contributed by atoms with Gasteiger partial charge in [-0.15, -0.1) is 0 Å². The van der Waals surface area contributed by atoms with Gasteiger partial charge < -0.3 is 9.64 Å². The fourth-order valence-corrected chi connectivity index (χ4v) is 5.37. The van der Waals surface area contributed by atoms with E-state index in [2.05, 4.69) is 47.9 Å². The lowest BCUT2D eigenvalue weighted by atomic mass is 9.79. The molecule has 0 aromatic heterocycles. The third-order valence-electron chi connectivity index (χ3n) is 7.11. The van der Waals surface area contributed by atoms with Gasteiger partial charge >= 0.3 is 0 Å². The molecule has 0 saturated carbocycles. The van der Waals surface area contributed by atoms with Gasteiger partial charge in [-0.25, -0.2) is 0 Å². The summed E-state index contributed by atoms with van der Waals surface area (Å²) in [6.07, 6.45) is 5.50. The summed E-state index contributed by atoms with van der Waals surface area (Å²) in [7, 11) is 0. The quantitative estimate of drug-likeness (QED) is 0.785. The number of carbonyl (C=O) groups excluding carboxylic acids is 1. The molecule has 4 rings (SSSR count). The van der Waals surface area contributed by atoms with Crippen LogP contribution in [0.25, 0.3) is 0 Å². The number of hydrogen-bond acceptors (Lipinski definition) is 3. The second-order valence-electron chi connectivity index (χ2n) is 9.61. The minimum Gasteiger partial charge on any atom is -0.381 e. The van der Waals surface area contributed by atoms with Gasteiger partial charge in [-0.3, -0.25) is 9.69 Å². The van der Waals surface area contributed by atoms with Crippen LogP contribution in [-0.4, -0.2) is 55.1 Å². The van der Waals surface area contributed by atoms with Crippen LogP contribution in [0.1, 0.15) is 63.0 Å². The summed E-state index contributed by atoms with van der Waals surface area (Å²) in [5.74, 6) is 1.18. The molecule has 4 nitrogen and oxygen atoms in total. The maximum Gasteiger partial charge on any atom is 0.225 e. The summed E-state index contributed by atoms with van der Waals surface area (Å²) in [5, 5.41) is 0. The Balaban J connectivity index is 1.34. The standard InChI is InChI=1S/C24H36N2O2/c1-19(2)21-6-4-20(5-7-21)16-25-12-3-10-24(17-25)11-13-26(18-24)23(27)22-8-14-28-15-9-22/h4-7,19,22H,3,8-18H2,1-2H3/t24-/m0/s1. The van der Waals surface area contributed by atoms with Crippen molar-refractivity contribution >= 4 is 5.91 Å². The van der Waals surface area contributed by atoms with E-state index in [9.17, 15) is 4.79 Å². The lowest BCUT2D eigenvalue weighted by molar-refractivity contribution is -0.138. The second kappa shape index (κ2) is 8.54. The Bertz CT molecular complexity index is 666. The molecule has 0 N–H and O–H groups in total. The Labute approximate surface area is 170 Å². The lowest BCUT2D eigenvalue weighted by Crippen LogP contribution is -2.45. The molecule has 3 heterocycles. The topological polar surface area (TPSA) is 32.8 Å². The molecule has 3 saturated heterocycles. The molecule has 0 unspecified atom stereocenters. The van der Waals surface area contributed by atoms with E-state index in [-0.39, 0.29) is 5.92 Å². The van der Waals surface area contributed by atoms with Gasteiger partial charge in [-0.05, 0) is 55.7 Å². The highest BCUT2D eigenvalue weighted by atomic mass is 16.5. The van der Waals surface area contributed by atoms with E-state index in [0.717, 1.165) is 52.2 Å². The molecule has 1 atom stereocenters. The highest BCUT2D eigenvalue weighted by Gasteiger charge is 2.43. The number of hydrogen-bond donors (Lipinski definition) is 0. The summed E-state index contributed by atoms with van der Waals surface area (Å²) < 4.78 is 5.44. The number of ether oxygens (including phenoxy) is 1. The number of likely N-dealkylation sites (tertiary alicyclic amines) is 2. The smallest absolute Gasteiger partial charge is 0.225 e. The van der Waals surface area contributed by atoms with Gasteiger partial charge in [0, 0.05) is 50.7 Å². The summed E-state index contributed by atoms with van der Waals surface area (Å²) in [5.41, 5.74) is 3.14. The zero-order valence-electron chi connectivity index (χ0n) is 17.7. The van der Waals surface area contributed by atoms with E-state index < -0.39 is 0 Å². The Morgan fingerprint density at radius 2 is 1.86 bits per heavy atom. The zero-order valence-corrected chi connectivity index (χ0v) is 17.7. The van der Waals surface area contributed by atoms with E-state index in [1.165, 1.54) is 36.9 Å². The third kappa shape index (κ3) is 4.44. The molecule has 1 amide bonds. The molecule has 3 aliphatic heterocycles. The van der Waals surface area contributed by atoms with Crippen molar-refractivity contribution in [1.29, 1.82) is 0 Å². The van der Waals surface area contributed by atoms with Crippen LogP contribution >= 0.6 is 0 Å². The van der Waals surface area contributed by atoms with Gasteiger partial charge in [0.15, 0.2) is 0 Å². The average Bonchev–Trinajstić information content (AvgIpc) is 3.11. The van der Waals surface area contributed by atoms with E-state index in [4.69, 9.17) is 4.74 Å². The molecule has 1 spiro atoms. The molecule has 4 heteroatoms. The predicted molar refractivity (Wildman–Crippen MR) is 112 cm³/mol. The van der Waals surface area contributed by atoms with Gasteiger partial charge in [0.2, 0.25) is 5.91 Å². The fourth-order valence-electron chi connectivity index (χ4n) is 5.37. The first kappa shape index (κ1) is 19.9. The maximum atomic E-state index is 12.9. The van der Waals surface area contributed by atoms with Gasteiger partial charge in [0.1, 0.15) is 0 Å². The molecular formula is C24H36N2O2. The summed E-state index contributed by atoms with van der Waals surface area (Å²) in [4.78, 5) is 17.7. The molecule has 0 bridgehead atoms. The molecule has 1 aromatic carbocycles. The van der Waals surface area contributed by atoms with E-state index in [1.807, 2.05) is 0 Å². The number of nitrogens with zero attached hydrogens (tertiary/aromatic N) is 2. The minimum absolute atomic E-state index is 0.197.